The molecule has 0 bridgehead atoms. The Balaban J connectivity index is 2.60. The summed E-state index contributed by atoms with van der Waals surface area (Å²) in [7, 11) is 0. The van der Waals surface area contributed by atoms with Gasteiger partial charge in [-0.15, -0.1) is 0 Å². The fourth-order valence-corrected chi connectivity index (χ4v) is 2.36. The molecule has 0 aliphatic carbocycles. The number of hydrogen-bond donors (Lipinski definition) is 1. The van der Waals surface area contributed by atoms with Crippen molar-refractivity contribution < 1.29 is 0 Å². The van der Waals surface area contributed by atoms with Gasteiger partial charge >= 0.3 is 0 Å². The van der Waals surface area contributed by atoms with Crippen LogP contribution in [0.15, 0.2) is 18.2 Å². The Morgan fingerprint density at radius 2 is 1.95 bits per heavy atom. The topological polar surface area (TPSA) is 51.8 Å². The van der Waals surface area contributed by atoms with E-state index in [1.807, 2.05) is 13.0 Å². The predicted molar refractivity (Wildman–Crippen MR) is 80.6 cm³/mol. The minimum atomic E-state index is 0.500. The minimum Gasteiger partial charge on any atom is -0.383 e. The molecule has 2 rings (SSSR count). The number of rotatable bonds is 3. The van der Waals surface area contributed by atoms with Gasteiger partial charge in [-0.3, -0.25) is 0 Å². The van der Waals surface area contributed by atoms with E-state index in [-0.39, 0.29) is 0 Å². The molecule has 19 heavy (non-hydrogen) atoms. The molecule has 0 atom stereocenters. The Bertz CT molecular complexity index is 612. The third-order valence-electron chi connectivity index (χ3n) is 2.89. The van der Waals surface area contributed by atoms with Crippen LogP contribution >= 0.6 is 23.2 Å². The van der Waals surface area contributed by atoms with E-state index in [9.17, 15) is 0 Å². The summed E-state index contributed by atoms with van der Waals surface area (Å²) in [6.45, 7) is 3.97. The van der Waals surface area contributed by atoms with E-state index in [4.69, 9.17) is 28.9 Å². The van der Waals surface area contributed by atoms with E-state index in [1.54, 1.807) is 12.1 Å². The molecule has 1 aromatic carbocycles. The standard InChI is InChI=1S/C14H15Cl2N3/c1-3-4-12-18-13(8(2)14(17)19-12)10-6-5-9(15)7-11(10)16/h5-7H,3-4H2,1-2H3,(H2,17,18,19). The molecule has 0 saturated heterocycles. The molecular formula is C14H15Cl2N3. The molecule has 5 heteroatoms. The molecule has 0 amide bonds. The summed E-state index contributed by atoms with van der Waals surface area (Å²) >= 11 is 12.1. The van der Waals surface area contributed by atoms with Crippen molar-refractivity contribution in [2.75, 3.05) is 5.73 Å². The molecule has 0 unspecified atom stereocenters. The summed E-state index contributed by atoms with van der Waals surface area (Å²) < 4.78 is 0. The number of benzene rings is 1. The van der Waals surface area contributed by atoms with E-state index >= 15 is 0 Å². The first kappa shape index (κ1) is 14.1. The monoisotopic (exact) mass is 295 g/mol. The van der Waals surface area contributed by atoms with Crippen molar-refractivity contribution in [1.29, 1.82) is 0 Å². The smallest absolute Gasteiger partial charge is 0.131 e. The van der Waals surface area contributed by atoms with Crippen LogP contribution in [0.2, 0.25) is 10.0 Å². The molecule has 100 valence electrons. The first-order valence-electron chi connectivity index (χ1n) is 6.11. The number of aryl methyl sites for hydroxylation is 1. The Morgan fingerprint density at radius 3 is 2.58 bits per heavy atom. The number of nitrogens with two attached hydrogens (primary N) is 1. The highest BCUT2D eigenvalue weighted by atomic mass is 35.5. The second kappa shape index (κ2) is 5.76. The van der Waals surface area contributed by atoms with E-state index in [2.05, 4.69) is 16.9 Å². The van der Waals surface area contributed by atoms with Crippen molar-refractivity contribution in [2.24, 2.45) is 0 Å². The van der Waals surface area contributed by atoms with Gasteiger partial charge in [0, 0.05) is 22.6 Å². The van der Waals surface area contributed by atoms with Gasteiger partial charge in [-0.05, 0) is 31.5 Å². The van der Waals surface area contributed by atoms with Gasteiger partial charge < -0.3 is 5.73 Å². The van der Waals surface area contributed by atoms with Gasteiger partial charge in [0.05, 0.1) is 10.7 Å². The molecule has 2 N–H and O–H groups in total. The van der Waals surface area contributed by atoms with Crippen LogP contribution in [-0.2, 0) is 6.42 Å². The van der Waals surface area contributed by atoms with Crippen LogP contribution < -0.4 is 5.73 Å². The van der Waals surface area contributed by atoms with E-state index in [0.717, 1.165) is 35.5 Å². The maximum atomic E-state index is 6.23. The highest BCUT2D eigenvalue weighted by Gasteiger charge is 2.13. The molecule has 2 aromatic rings. The first-order chi connectivity index (χ1) is 9.02. The van der Waals surface area contributed by atoms with Crippen LogP contribution in [0.3, 0.4) is 0 Å². The molecular weight excluding hydrogens is 281 g/mol. The summed E-state index contributed by atoms with van der Waals surface area (Å²) in [6, 6.07) is 5.35. The number of halogens is 2. The van der Waals surface area contributed by atoms with Crippen molar-refractivity contribution >= 4 is 29.0 Å². The average molecular weight is 296 g/mol. The van der Waals surface area contributed by atoms with Gasteiger partial charge in [0.25, 0.3) is 0 Å². The van der Waals surface area contributed by atoms with Crippen LogP contribution in [0.5, 0.6) is 0 Å². The maximum Gasteiger partial charge on any atom is 0.131 e. The third-order valence-corrected chi connectivity index (χ3v) is 3.44. The number of nitrogen functional groups attached to an aromatic ring is 1. The lowest BCUT2D eigenvalue weighted by Crippen LogP contribution is -2.05. The average Bonchev–Trinajstić information content (AvgIpc) is 2.34. The van der Waals surface area contributed by atoms with Crippen molar-refractivity contribution in [3.05, 3.63) is 39.6 Å². The largest absolute Gasteiger partial charge is 0.383 e. The quantitative estimate of drug-likeness (QED) is 0.919. The maximum absolute atomic E-state index is 6.23. The number of hydrogen-bond acceptors (Lipinski definition) is 3. The molecule has 0 fully saturated rings. The van der Waals surface area contributed by atoms with Gasteiger partial charge in [0.2, 0.25) is 0 Å². The van der Waals surface area contributed by atoms with Gasteiger partial charge in [-0.1, -0.05) is 30.1 Å². The molecule has 0 aliphatic heterocycles. The van der Waals surface area contributed by atoms with Crippen molar-refractivity contribution in [3.63, 3.8) is 0 Å². The van der Waals surface area contributed by atoms with E-state index in [0.29, 0.717) is 15.9 Å². The molecule has 1 heterocycles. The normalized spacial score (nSPS) is 10.7. The second-order valence-electron chi connectivity index (χ2n) is 4.37. The zero-order valence-electron chi connectivity index (χ0n) is 10.9. The zero-order chi connectivity index (χ0) is 14.0. The lowest BCUT2D eigenvalue weighted by Gasteiger charge is -2.11. The number of aromatic nitrogens is 2. The molecule has 1 aromatic heterocycles. The van der Waals surface area contributed by atoms with Crippen molar-refractivity contribution in [3.8, 4) is 11.3 Å². The Hall–Kier alpha value is -1.32. The Kier molecular flexibility index (Phi) is 4.27. The predicted octanol–water partition coefficient (Wildman–Crippen LogP) is 4.29. The molecule has 0 radical (unpaired) electrons. The lowest BCUT2D eigenvalue weighted by atomic mass is 10.1. The molecule has 3 nitrogen and oxygen atoms in total. The first-order valence-corrected chi connectivity index (χ1v) is 6.87. The van der Waals surface area contributed by atoms with Gasteiger partial charge in [-0.2, -0.15) is 0 Å². The summed E-state index contributed by atoms with van der Waals surface area (Å²) in [4.78, 5) is 8.86. The van der Waals surface area contributed by atoms with E-state index < -0.39 is 0 Å². The summed E-state index contributed by atoms with van der Waals surface area (Å²) in [5, 5.41) is 1.17. The Morgan fingerprint density at radius 1 is 1.21 bits per heavy atom. The van der Waals surface area contributed by atoms with E-state index in [1.165, 1.54) is 0 Å². The summed E-state index contributed by atoms with van der Waals surface area (Å²) in [6.07, 6.45) is 1.76. The highest BCUT2D eigenvalue weighted by molar-refractivity contribution is 6.36. The Labute approximate surface area is 122 Å². The molecule has 0 saturated carbocycles. The fraction of sp³-hybridized carbons (Fsp3) is 0.286. The fourth-order valence-electron chi connectivity index (χ4n) is 1.86. The van der Waals surface area contributed by atoms with Gasteiger partial charge in [-0.25, -0.2) is 9.97 Å². The van der Waals surface area contributed by atoms with Crippen LogP contribution in [0.4, 0.5) is 5.82 Å². The van der Waals surface area contributed by atoms with Gasteiger partial charge in [0.1, 0.15) is 11.6 Å². The van der Waals surface area contributed by atoms with Crippen LogP contribution in [0, 0.1) is 6.92 Å². The van der Waals surface area contributed by atoms with Crippen LogP contribution in [-0.4, -0.2) is 9.97 Å². The van der Waals surface area contributed by atoms with Crippen LogP contribution in [0.1, 0.15) is 24.7 Å². The lowest BCUT2D eigenvalue weighted by molar-refractivity contribution is 0.836. The second-order valence-corrected chi connectivity index (χ2v) is 5.22. The highest BCUT2D eigenvalue weighted by Crippen LogP contribution is 2.32. The van der Waals surface area contributed by atoms with Crippen molar-refractivity contribution in [2.45, 2.75) is 26.7 Å². The van der Waals surface area contributed by atoms with Crippen molar-refractivity contribution in [1.82, 2.24) is 9.97 Å². The zero-order valence-corrected chi connectivity index (χ0v) is 12.4. The minimum absolute atomic E-state index is 0.500. The molecule has 0 aliphatic rings. The van der Waals surface area contributed by atoms with Crippen LogP contribution in [0.25, 0.3) is 11.3 Å². The molecule has 0 spiro atoms. The third kappa shape index (κ3) is 2.99. The number of anilines is 1. The van der Waals surface area contributed by atoms with Gasteiger partial charge in [0.15, 0.2) is 0 Å². The summed E-state index contributed by atoms with van der Waals surface area (Å²) in [5.74, 6) is 1.24. The summed E-state index contributed by atoms with van der Waals surface area (Å²) in [5.41, 5.74) is 8.39. The number of nitrogens with zero attached hydrogens (tertiary/aromatic N) is 2. The SMILES string of the molecule is CCCc1nc(N)c(C)c(-c2ccc(Cl)cc2Cl)n1.